The zero-order valence-electron chi connectivity index (χ0n) is 18.3. The zero-order chi connectivity index (χ0) is 22.2. The fourth-order valence-electron chi connectivity index (χ4n) is 5.83. The molecule has 4 unspecified atom stereocenters. The molecule has 6 nitrogen and oxygen atoms in total. The number of imide groups is 1. The van der Waals surface area contributed by atoms with Crippen molar-refractivity contribution in [3.63, 3.8) is 0 Å². The summed E-state index contributed by atoms with van der Waals surface area (Å²) in [4.78, 5) is 41.2. The van der Waals surface area contributed by atoms with Gasteiger partial charge in [-0.2, -0.15) is 0 Å². The first-order chi connectivity index (χ1) is 14.8. The molecule has 1 aliphatic carbocycles. The van der Waals surface area contributed by atoms with Crippen molar-refractivity contribution in [1.82, 2.24) is 10.2 Å². The number of aliphatic carboxylic acids is 1. The minimum Gasteiger partial charge on any atom is -0.480 e. The largest absolute Gasteiger partial charge is 0.480 e. The third-order valence-corrected chi connectivity index (χ3v) is 7.07. The standard InChI is InChI=1S/C25H32N2O4/c1-16(2)15-25(24(30)31)21-20(19(26-25)14-13-17-9-5-3-6-10-17)22(28)27(23(21)29)18-11-7-4-8-12-18/h3,5-6,9-10,13-14,16,18-21,26H,4,7-8,11-12,15H2,1-2H3,(H,30,31). The lowest BCUT2D eigenvalue weighted by Gasteiger charge is -2.35. The lowest BCUT2D eigenvalue weighted by Crippen LogP contribution is -2.58. The molecule has 166 valence electrons. The van der Waals surface area contributed by atoms with Crippen molar-refractivity contribution in [3.05, 3.63) is 42.0 Å². The Morgan fingerprint density at radius 2 is 1.84 bits per heavy atom. The Morgan fingerprint density at radius 3 is 2.45 bits per heavy atom. The lowest BCUT2D eigenvalue weighted by molar-refractivity contribution is -0.153. The topological polar surface area (TPSA) is 86.7 Å². The summed E-state index contributed by atoms with van der Waals surface area (Å²) in [7, 11) is 0. The van der Waals surface area contributed by atoms with E-state index in [-0.39, 0.29) is 23.8 Å². The number of rotatable bonds is 6. The van der Waals surface area contributed by atoms with Gasteiger partial charge in [-0.1, -0.05) is 75.6 Å². The Kier molecular flexibility index (Phi) is 6.02. The number of carbonyl (C=O) groups is 3. The molecule has 3 fully saturated rings. The summed E-state index contributed by atoms with van der Waals surface area (Å²) < 4.78 is 0. The molecule has 3 aliphatic rings. The lowest BCUT2D eigenvalue weighted by atomic mass is 9.75. The van der Waals surface area contributed by atoms with Crippen LogP contribution in [-0.2, 0) is 14.4 Å². The number of likely N-dealkylation sites (tertiary alicyclic amines) is 1. The van der Waals surface area contributed by atoms with E-state index in [1.54, 1.807) is 0 Å². The van der Waals surface area contributed by atoms with Crippen molar-refractivity contribution in [2.75, 3.05) is 0 Å². The maximum absolute atomic E-state index is 13.6. The Morgan fingerprint density at radius 1 is 1.16 bits per heavy atom. The SMILES string of the molecule is CC(C)CC1(C(=O)O)NC(C=Cc2ccccc2)C2C(=O)N(C3CCCCC3)C(=O)C21. The van der Waals surface area contributed by atoms with Gasteiger partial charge in [0.2, 0.25) is 11.8 Å². The second-order valence-corrected chi connectivity index (χ2v) is 9.66. The third kappa shape index (κ3) is 3.82. The van der Waals surface area contributed by atoms with E-state index in [1.165, 1.54) is 4.90 Å². The predicted octanol–water partition coefficient (Wildman–Crippen LogP) is 3.48. The summed E-state index contributed by atoms with van der Waals surface area (Å²) in [5.41, 5.74) is -0.459. The molecule has 2 N–H and O–H groups in total. The minimum absolute atomic E-state index is 0.0627. The van der Waals surface area contributed by atoms with Gasteiger partial charge in [0.15, 0.2) is 0 Å². The summed E-state index contributed by atoms with van der Waals surface area (Å²) in [6, 6.07) is 9.11. The first-order valence-corrected chi connectivity index (χ1v) is 11.5. The molecule has 0 spiro atoms. The summed E-state index contributed by atoms with van der Waals surface area (Å²) >= 11 is 0. The number of nitrogens with one attached hydrogen (secondary N) is 1. The number of hydrogen-bond donors (Lipinski definition) is 2. The van der Waals surface area contributed by atoms with Crippen LogP contribution < -0.4 is 5.32 Å². The summed E-state index contributed by atoms with van der Waals surface area (Å²) in [5, 5.41) is 13.5. The van der Waals surface area contributed by atoms with E-state index in [0.29, 0.717) is 6.42 Å². The van der Waals surface area contributed by atoms with Crippen LogP contribution in [0, 0.1) is 17.8 Å². The van der Waals surface area contributed by atoms with E-state index >= 15 is 0 Å². The molecular formula is C25H32N2O4. The number of hydrogen-bond acceptors (Lipinski definition) is 4. The van der Waals surface area contributed by atoms with Crippen molar-refractivity contribution in [1.29, 1.82) is 0 Å². The van der Waals surface area contributed by atoms with E-state index in [1.807, 2.05) is 56.3 Å². The first kappa shape index (κ1) is 21.8. The van der Waals surface area contributed by atoms with Crippen LogP contribution in [0.1, 0.15) is 57.9 Å². The fraction of sp³-hybridized carbons (Fsp3) is 0.560. The van der Waals surface area contributed by atoms with Crippen LogP contribution in [0.4, 0.5) is 0 Å². The smallest absolute Gasteiger partial charge is 0.324 e. The van der Waals surface area contributed by atoms with Crippen LogP contribution in [0.15, 0.2) is 36.4 Å². The fourth-order valence-corrected chi connectivity index (χ4v) is 5.83. The van der Waals surface area contributed by atoms with Gasteiger partial charge < -0.3 is 5.11 Å². The molecule has 4 rings (SSSR count). The molecule has 0 bridgehead atoms. The number of nitrogens with zero attached hydrogens (tertiary/aromatic N) is 1. The highest BCUT2D eigenvalue weighted by atomic mass is 16.4. The molecule has 2 amide bonds. The van der Waals surface area contributed by atoms with Gasteiger partial charge in [-0.15, -0.1) is 0 Å². The Hall–Kier alpha value is -2.47. The molecule has 1 aromatic carbocycles. The van der Waals surface area contributed by atoms with Gasteiger partial charge in [0, 0.05) is 12.1 Å². The van der Waals surface area contributed by atoms with Gasteiger partial charge in [-0.3, -0.25) is 24.6 Å². The number of carboxylic acids is 1. The zero-order valence-corrected chi connectivity index (χ0v) is 18.3. The summed E-state index contributed by atoms with van der Waals surface area (Å²) in [6.07, 6.45) is 8.84. The number of amides is 2. The molecule has 31 heavy (non-hydrogen) atoms. The van der Waals surface area contributed by atoms with Crippen LogP contribution in [0.3, 0.4) is 0 Å². The van der Waals surface area contributed by atoms with E-state index < -0.39 is 29.4 Å². The molecular weight excluding hydrogens is 392 g/mol. The van der Waals surface area contributed by atoms with Crippen molar-refractivity contribution >= 4 is 23.9 Å². The summed E-state index contributed by atoms with van der Waals surface area (Å²) in [6.45, 7) is 3.91. The maximum Gasteiger partial charge on any atom is 0.324 e. The van der Waals surface area contributed by atoms with Gasteiger partial charge in [0.1, 0.15) is 5.54 Å². The Labute approximate surface area is 183 Å². The predicted molar refractivity (Wildman–Crippen MR) is 118 cm³/mol. The highest BCUT2D eigenvalue weighted by Gasteiger charge is 2.68. The third-order valence-electron chi connectivity index (χ3n) is 7.07. The average Bonchev–Trinajstić information content (AvgIpc) is 3.21. The quantitative estimate of drug-likeness (QED) is 0.683. The van der Waals surface area contributed by atoms with Gasteiger partial charge in [-0.25, -0.2) is 0 Å². The number of benzene rings is 1. The van der Waals surface area contributed by atoms with Crippen LogP contribution >= 0.6 is 0 Å². The highest BCUT2D eigenvalue weighted by molar-refractivity contribution is 6.10. The molecule has 2 aliphatic heterocycles. The number of fused-ring (bicyclic) bond motifs is 1. The molecule has 4 atom stereocenters. The van der Waals surface area contributed by atoms with Crippen molar-refractivity contribution in [2.45, 2.75) is 70.0 Å². The molecule has 1 saturated carbocycles. The van der Waals surface area contributed by atoms with Crippen LogP contribution in [0.2, 0.25) is 0 Å². The molecule has 6 heteroatoms. The average molecular weight is 425 g/mol. The van der Waals surface area contributed by atoms with Crippen molar-refractivity contribution < 1.29 is 19.5 Å². The Bertz CT molecular complexity index is 875. The monoisotopic (exact) mass is 424 g/mol. The molecule has 0 radical (unpaired) electrons. The van der Waals surface area contributed by atoms with Crippen LogP contribution in [0.25, 0.3) is 6.08 Å². The van der Waals surface area contributed by atoms with Gasteiger partial charge >= 0.3 is 5.97 Å². The summed E-state index contributed by atoms with van der Waals surface area (Å²) in [5.74, 6) is -3.03. The van der Waals surface area contributed by atoms with E-state index in [4.69, 9.17) is 0 Å². The maximum atomic E-state index is 13.6. The van der Waals surface area contributed by atoms with Crippen LogP contribution in [-0.4, -0.2) is 45.4 Å². The van der Waals surface area contributed by atoms with Gasteiger partial charge in [0.05, 0.1) is 11.8 Å². The molecule has 2 heterocycles. The van der Waals surface area contributed by atoms with Gasteiger partial charge in [0.25, 0.3) is 0 Å². The van der Waals surface area contributed by atoms with E-state index in [2.05, 4.69) is 5.32 Å². The number of carbonyl (C=O) groups excluding carboxylic acids is 2. The molecule has 2 saturated heterocycles. The Balaban J connectivity index is 1.73. The van der Waals surface area contributed by atoms with Gasteiger partial charge in [-0.05, 0) is 30.7 Å². The highest BCUT2D eigenvalue weighted by Crippen LogP contribution is 2.47. The van der Waals surface area contributed by atoms with Crippen LogP contribution in [0.5, 0.6) is 0 Å². The first-order valence-electron chi connectivity index (χ1n) is 11.5. The second-order valence-electron chi connectivity index (χ2n) is 9.66. The van der Waals surface area contributed by atoms with E-state index in [9.17, 15) is 19.5 Å². The normalized spacial score (nSPS) is 31.7. The van der Waals surface area contributed by atoms with E-state index in [0.717, 1.165) is 37.7 Å². The van der Waals surface area contributed by atoms with Crippen molar-refractivity contribution in [3.8, 4) is 0 Å². The van der Waals surface area contributed by atoms with Crippen molar-refractivity contribution in [2.24, 2.45) is 17.8 Å². The molecule has 1 aromatic rings. The second kappa shape index (κ2) is 8.58. The number of carboxylic acid groups (broad SMARTS) is 1. The minimum atomic E-state index is -1.43. The molecule has 0 aromatic heterocycles.